The van der Waals surface area contributed by atoms with Crippen molar-refractivity contribution in [1.82, 2.24) is 4.90 Å². The maximum absolute atomic E-state index is 12.6. The topological polar surface area (TPSA) is 38.8 Å². The van der Waals surface area contributed by atoms with Crippen molar-refractivity contribution >= 4 is 5.91 Å². The highest BCUT2D eigenvalue weighted by molar-refractivity contribution is 5.94. The van der Waals surface area contributed by atoms with E-state index in [-0.39, 0.29) is 11.9 Å². The van der Waals surface area contributed by atoms with Crippen LogP contribution < -0.4 is 9.47 Å². The summed E-state index contributed by atoms with van der Waals surface area (Å²) in [6.45, 7) is 1.99. The molecule has 0 N–H and O–H groups in total. The fourth-order valence-corrected chi connectivity index (χ4v) is 2.33. The predicted molar refractivity (Wildman–Crippen MR) is 86.5 cm³/mol. The molecule has 0 radical (unpaired) electrons. The zero-order chi connectivity index (χ0) is 16.1. The van der Waals surface area contributed by atoms with Crippen molar-refractivity contribution in [3.8, 4) is 11.5 Å². The third-order valence-electron chi connectivity index (χ3n) is 3.83. The summed E-state index contributed by atoms with van der Waals surface area (Å²) in [5.74, 6) is 1.47. The van der Waals surface area contributed by atoms with E-state index in [1.807, 2.05) is 31.2 Å². The van der Waals surface area contributed by atoms with Gasteiger partial charge in [-0.05, 0) is 37.3 Å². The Labute approximate surface area is 131 Å². The van der Waals surface area contributed by atoms with Crippen LogP contribution in [0.15, 0.2) is 48.5 Å². The summed E-state index contributed by atoms with van der Waals surface area (Å²) in [4.78, 5) is 14.3. The lowest BCUT2D eigenvalue weighted by Crippen LogP contribution is -2.29. The van der Waals surface area contributed by atoms with Crippen molar-refractivity contribution in [2.45, 2.75) is 13.0 Å². The highest BCUT2D eigenvalue weighted by atomic mass is 16.5. The Balaban J connectivity index is 2.21. The molecule has 4 nitrogen and oxygen atoms in total. The van der Waals surface area contributed by atoms with Crippen molar-refractivity contribution in [2.24, 2.45) is 0 Å². The fraction of sp³-hybridized carbons (Fsp3) is 0.278. The normalized spacial score (nSPS) is 11.6. The van der Waals surface area contributed by atoms with Gasteiger partial charge in [-0.2, -0.15) is 0 Å². The molecule has 0 aromatic heterocycles. The number of benzene rings is 2. The Hall–Kier alpha value is -2.49. The summed E-state index contributed by atoms with van der Waals surface area (Å²) in [6.07, 6.45) is 0. The number of hydrogen-bond acceptors (Lipinski definition) is 3. The third-order valence-corrected chi connectivity index (χ3v) is 3.83. The standard InChI is InChI=1S/C18H21NO3/c1-13(16-7-5-6-8-17(16)22-4)19(2)18(20)14-9-11-15(21-3)12-10-14/h5-13H,1-4H3. The first-order chi connectivity index (χ1) is 10.6. The van der Waals surface area contributed by atoms with Crippen LogP contribution in [0.1, 0.15) is 28.9 Å². The zero-order valence-electron chi connectivity index (χ0n) is 13.4. The van der Waals surface area contributed by atoms with E-state index < -0.39 is 0 Å². The molecule has 0 spiro atoms. The second kappa shape index (κ2) is 6.98. The zero-order valence-corrected chi connectivity index (χ0v) is 13.4. The number of amides is 1. The van der Waals surface area contributed by atoms with E-state index >= 15 is 0 Å². The van der Waals surface area contributed by atoms with E-state index in [1.165, 1.54) is 0 Å². The number of carbonyl (C=O) groups excluding carboxylic acids is 1. The second-order valence-corrected chi connectivity index (χ2v) is 5.06. The number of hydrogen-bond donors (Lipinski definition) is 0. The Morgan fingerprint density at radius 2 is 1.64 bits per heavy atom. The summed E-state index contributed by atoms with van der Waals surface area (Å²) in [6, 6.07) is 14.8. The van der Waals surface area contributed by atoms with Crippen molar-refractivity contribution in [1.29, 1.82) is 0 Å². The highest BCUT2D eigenvalue weighted by Gasteiger charge is 2.21. The number of methoxy groups -OCH3 is 2. The molecule has 1 amide bonds. The summed E-state index contributed by atoms with van der Waals surface area (Å²) in [5.41, 5.74) is 1.61. The van der Waals surface area contributed by atoms with E-state index in [2.05, 4.69) is 0 Å². The third kappa shape index (κ3) is 3.22. The molecule has 0 fully saturated rings. The van der Waals surface area contributed by atoms with Gasteiger partial charge in [0.15, 0.2) is 0 Å². The molecule has 0 saturated heterocycles. The van der Waals surface area contributed by atoms with Gasteiger partial charge in [0.25, 0.3) is 5.91 Å². The first-order valence-corrected chi connectivity index (χ1v) is 7.12. The Bertz CT molecular complexity index is 637. The molecule has 1 atom stereocenters. The molecule has 0 aliphatic carbocycles. The van der Waals surface area contributed by atoms with Crippen molar-refractivity contribution in [3.05, 3.63) is 59.7 Å². The maximum Gasteiger partial charge on any atom is 0.254 e. The van der Waals surface area contributed by atoms with E-state index in [4.69, 9.17) is 9.47 Å². The first-order valence-electron chi connectivity index (χ1n) is 7.12. The molecule has 2 rings (SSSR count). The lowest BCUT2D eigenvalue weighted by molar-refractivity contribution is 0.0741. The molecule has 22 heavy (non-hydrogen) atoms. The van der Waals surface area contributed by atoms with Gasteiger partial charge in [-0.3, -0.25) is 4.79 Å². The Morgan fingerprint density at radius 1 is 1.00 bits per heavy atom. The monoisotopic (exact) mass is 299 g/mol. The van der Waals surface area contributed by atoms with Crippen molar-refractivity contribution < 1.29 is 14.3 Å². The van der Waals surface area contributed by atoms with Crippen LogP contribution >= 0.6 is 0 Å². The van der Waals surface area contributed by atoms with Crippen LogP contribution in [-0.4, -0.2) is 32.1 Å². The van der Waals surface area contributed by atoms with Crippen molar-refractivity contribution in [2.75, 3.05) is 21.3 Å². The Morgan fingerprint density at radius 3 is 2.23 bits per heavy atom. The largest absolute Gasteiger partial charge is 0.497 e. The lowest BCUT2D eigenvalue weighted by atomic mass is 10.0. The van der Waals surface area contributed by atoms with Crippen LogP contribution in [0.3, 0.4) is 0 Å². The van der Waals surface area contributed by atoms with Gasteiger partial charge >= 0.3 is 0 Å². The molecular weight excluding hydrogens is 278 g/mol. The minimum atomic E-state index is -0.0919. The average Bonchev–Trinajstić information content (AvgIpc) is 2.59. The van der Waals surface area contributed by atoms with E-state index in [0.717, 1.165) is 17.1 Å². The summed E-state index contributed by atoms with van der Waals surface area (Å²) in [5, 5.41) is 0. The SMILES string of the molecule is COc1ccc(C(=O)N(C)C(C)c2ccccc2OC)cc1. The van der Waals surface area contributed by atoms with Gasteiger partial charge in [0.05, 0.1) is 20.3 Å². The van der Waals surface area contributed by atoms with Crippen LogP contribution in [-0.2, 0) is 0 Å². The molecule has 0 heterocycles. The minimum Gasteiger partial charge on any atom is -0.497 e. The molecule has 0 bridgehead atoms. The Kier molecular flexibility index (Phi) is 5.04. The fourth-order valence-electron chi connectivity index (χ4n) is 2.33. The number of para-hydroxylation sites is 1. The number of rotatable bonds is 5. The minimum absolute atomic E-state index is 0.0407. The number of nitrogens with zero attached hydrogens (tertiary/aromatic N) is 1. The van der Waals surface area contributed by atoms with Gasteiger partial charge < -0.3 is 14.4 Å². The smallest absolute Gasteiger partial charge is 0.254 e. The second-order valence-electron chi connectivity index (χ2n) is 5.06. The van der Waals surface area contributed by atoms with E-state index in [0.29, 0.717) is 5.56 Å². The molecule has 2 aromatic carbocycles. The van der Waals surface area contributed by atoms with Gasteiger partial charge in [0.2, 0.25) is 0 Å². The van der Waals surface area contributed by atoms with Gasteiger partial charge in [0.1, 0.15) is 11.5 Å². The summed E-state index contributed by atoms with van der Waals surface area (Å²) >= 11 is 0. The summed E-state index contributed by atoms with van der Waals surface area (Å²) in [7, 11) is 5.03. The molecule has 2 aromatic rings. The quantitative estimate of drug-likeness (QED) is 0.847. The van der Waals surface area contributed by atoms with E-state index in [1.54, 1.807) is 50.4 Å². The molecule has 4 heteroatoms. The van der Waals surface area contributed by atoms with Gasteiger partial charge in [-0.15, -0.1) is 0 Å². The van der Waals surface area contributed by atoms with Crippen LogP contribution in [0.4, 0.5) is 0 Å². The van der Waals surface area contributed by atoms with E-state index in [9.17, 15) is 4.79 Å². The number of carbonyl (C=O) groups is 1. The van der Waals surface area contributed by atoms with Crippen molar-refractivity contribution in [3.63, 3.8) is 0 Å². The lowest BCUT2D eigenvalue weighted by Gasteiger charge is -2.26. The molecule has 0 aliphatic heterocycles. The summed E-state index contributed by atoms with van der Waals surface area (Å²) < 4.78 is 10.5. The van der Waals surface area contributed by atoms with Gasteiger partial charge in [-0.1, -0.05) is 18.2 Å². The molecule has 0 saturated carbocycles. The molecule has 0 aliphatic rings. The molecule has 116 valence electrons. The van der Waals surface area contributed by atoms with Gasteiger partial charge in [0, 0.05) is 18.2 Å². The van der Waals surface area contributed by atoms with Crippen LogP contribution in [0, 0.1) is 0 Å². The van der Waals surface area contributed by atoms with Gasteiger partial charge in [-0.25, -0.2) is 0 Å². The average molecular weight is 299 g/mol. The van der Waals surface area contributed by atoms with Crippen LogP contribution in [0.2, 0.25) is 0 Å². The highest BCUT2D eigenvalue weighted by Crippen LogP contribution is 2.29. The molecule has 1 unspecified atom stereocenters. The molecular formula is C18H21NO3. The number of ether oxygens (including phenoxy) is 2. The van der Waals surface area contributed by atoms with Crippen LogP contribution in [0.25, 0.3) is 0 Å². The predicted octanol–water partition coefficient (Wildman–Crippen LogP) is 3.54. The van der Waals surface area contributed by atoms with Crippen LogP contribution in [0.5, 0.6) is 11.5 Å². The first kappa shape index (κ1) is 15.9. The maximum atomic E-state index is 12.6.